The van der Waals surface area contributed by atoms with Gasteiger partial charge in [0, 0.05) is 7.05 Å². The summed E-state index contributed by atoms with van der Waals surface area (Å²) in [6, 6.07) is 1.91. The highest BCUT2D eigenvalue weighted by atomic mass is 32.1. The molecule has 1 amide bonds. The van der Waals surface area contributed by atoms with Crippen molar-refractivity contribution in [3.63, 3.8) is 0 Å². The lowest BCUT2D eigenvalue weighted by molar-refractivity contribution is 0.102. The Morgan fingerprint density at radius 3 is 2.71 bits per heavy atom. The van der Waals surface area contributed by atoms with E-state index in [2.05, 4.69) is 10.4 Å². The Kier molecular flexibility index (Phi) is 2.89. The maximum Gasteiger partial charge on any atom is 0.267 e. The first-order valence-electron chi connectivity index (χ1n) is 5.15. The van der Waals surface area contributed by atoms with Gasteiger partial charge in [0.1, 0.15) is 0 Å². The number of carbonyl (C=O) groups is 1. The van der Waals surface area contributed by atoms with Crippen LogP contribution >= 0.6 is 11.3 Å². The highest BCUT2D eigenvalue weighted by molar-refractivity contribution is 7.12. The van der Waals surface area contributed by atoms with Crippen LogP contribution in [0.15, 0.2) is 11.4 Å². The molecule has 2 aromatic heterocycles. The van der Waals surface area contributed by atoms with Crippen molar-refractivity contribution in [3.8, 4) is 0 Å². The fourth-order valence-corrected chi connectivity index (χ4v) is 2.41. The van der Waals surface area contributed by atoms with E-state index in [-0.39, 0.29) is 5.91 Å². The number of hydrogen-bond donors (Lipinski definition) is 2. The minimum Gasteiger partial charge on any atom is -0.394 e. The molecule has 0 saturated carbocycles. The van der Waals surface area contributed by atoms with Crippen LogP contribution in [0.3, 0.4) is 0 Å². The average Bonchev–Trinajstić information content (AvgIpc) is 2.78. The van der Waals surface area contributed by atoms with E-state index >= 15 is 0 Å². The molecule has 0 aliphatic rings. The molecule has 17 heavy (non-hydrogen) atoms. The minimum atomic E-state index is -0.146. The summed E-state index contributed by atoms with van der Waals surface area (Å²) in [5.74, 6) is 0.396. The Labute approximate surface area is 103 Å². The van der Waals surface area contributed by atoms with Crippen LogP contribution in [0.1, 0.15) is 20.9 Å². The normalized spacial score (nSPS) is 10.5. The van der Waals surface area contributed by atoms with Gasteiger partial charge in [0.25, 0.3) is 5.91 Å². The topological polar surface area (TPSA) is 72.9 Å². The number of rotatable bonds is 2. The lowest BCUT2D eigenvalue weighted by Gasteiger charge is -2.05. The molecule has 0 bridgehead atoms. The van der Waals surface area contributed by atoms with E-state index in [0.717, 1.165) is 5.56 Å². The smallest absolute Gasteiger partial charge is 0.267 e. The third kappa shape index (κ3) is 2.03. The molecular weight excluding hydrogens is 236 g/mol. The van der Waals surface area contributed by atoms with Crippen molar-refractivity contribution in [3.05, 3.63) is 27.6 Å². The average molecular weight is 250 g/mol. The summed E-state index contributed by atoms with van der Waals surface area (Å²) in [4.78, 5) is 12.7. The molecule has 3 N–H and O–H groups in total. The number of anilines is 2. The molecule has 2 heterocycles. The molecule has 6 heteroatoms. The van der Waals surface area contributed by atoms with E-state index in [4.69, 9.17) is 5.73 Å². The summed E-state index contributed by atoms with van der Waals surface area (Å²) >= 11 is 1.41. The van der Waals surface area contributed by atoms with Crippen LogP contribution in [0.4, 0.5) is 11.5 Å². The van der Waals surface area contributed by atoms with E-state index in [1.165, 1.54) is 11.3 Å². The Balaban J connectivity index is 2.28. The number of nitrogens with two attached hydrogens (primary N) is 1. The van der Waals surface area contributed by atoms with Gasteiger partial charge in [-0.05, 0) is 30.9 Å². The molecule has 2 aromatic rings. The van der Waals surface area contributed by atoms with Crippen molar-refractivity contribution in [2.45, 2.75) is 13.8 Å². The zero-order valence-electron chi connectivity index (χ0n) is 9.94. The first kappa shape index (κ1) is 11.7. The van der Waals surface area contributed by atoms with Crippen molar-refractivity contribution in [1.82, 2.24) is 9.78 Å². The number of aromatic nitrogens is 2. The lowest BCUT2D eigenvalue weighted by Crippen LogP contribution is -2.15. The lowest BCUT2D eigenvalue weighted by atomic mass is 10.3. The van der Waals surface area contributed by atoms with Crippen molar-refractivity contribution >= 4 is 28.7 Å². The Bertz CT molecular complexity index is 570. The maximum atomic E-state index is 12.0. The Hall–Kier alpha value is -1.82. The number of nitrogens with one attached hydrogen (secondary N) is 1. The van der Waals surface area contributed by atoms with Gasteiger partial charge < -0.3 is 11.1 Å². The molecule has 0 radical (unpaired) electrons. The second-order valence-electron chi connectivity index (χ2n) is 3.86. The molecule has 0 saturated heterocycles. The van der Waals surface area contributed by atoms with Crippen LogP contribution < -0.4 is 11.1 Å². The van der Waals surface area contributed by atoms with Crippen LogP contribution in [0.5, 0.6) is 0 Å². The first-order valence-corrected chi connectivity index (χ1v) is 6.03. The minimum absolute atomic E-state index is 0.146. The Morgan fingerprint density at radius 2 is 2.24 bits per heavy atom. The number of thiophene rings is 1. The highest BCUT2D eigenvalue weighted by Crippen LogP contribution is 2.23. The third-order valence-electron chi connectivity index (χ3n) is 2.57. The van der Waals surface area contributed by atoms with Gasteiger partial charge in [-0.3, -0.25) is 9.48 Å². The predicted octanol–water partition coefficient (Wildman–Crippen LogP) is 1.93. The largest absolute Gasteiger partial charge is 0.394 e. The fourth-order valence-electron chi connectivity index (χ4n) is 1.59. The Morgan fingerprint density at radius 1 is 1.53 bits per heavy atom. The number of nitrogens with zero attached hydrogens (tertiary/aromatic N) is 2. The van der Waals surface area contributed by atoms with Crippen molar-refractivity contribution < 1.29 is 4.79 Å². The fraction of sp³-hybridized carbons (Fsp3) is 0.273. The van der Waals surface area contributed by atoms with Crippen LogP contribution in [-0.4, -0.2) is 15.7 Å². The molecule has 0 aromatic carbocycles. The number of nitrogen functional groups attached to an aromatic ring is 1. The SMILES string of the molecule is Cc1ccsc1C(=O)Nc1c(N)c(C)nn1C. The standard InChI is InChI=1S/C11H14N4OS/c1-6-4-5-17-9(6)11(16)13-10-8(12)7(2)14-15(10)3/h4-5H,12H2,1-3H3,(H,13,16). The van der Waals surface area contributed by atoms with Gasteiger partial charge in [0.05, 0.1) is 16.3 Å². The van der Waals surface area contributed by atoms with Crippen LogP contribution in [0.25, 0.3) is 0 Å². The molecule has 0 fully saturated rings. The van der Waals surface area contributed by atoms with Gasteiger partial charge in [0.15, 0.2) is 5.82 Å². The summed E-state index contributed by atoms with van der Waals surface area (Å²) in [5, 5.41) is 8.83. The molecule has 2 rings (SSSR count). The van der Waals surface area contributed by atoms with Crippen molar-refractivity contribution in [2.24, 2.45) is 7.05 Å². The van der Waals surface area contributed by atoms with Crippen LogP contribution in [0, 0.1) is 13.8 Å². The second-order valence-corrected chi connectivity index (χ2v) is 4.77. The third-order valence-corrected chi connectivity index (χ3v) is 3.58. The molecule has 0 spiro atoms. The summed E-state index contributed by atoms with van der Waals surface area (Å²) in [6.45, 7) is 3.71. The quantitative estimate of drug-likeness (QED) is 0.855. The van der Waals surface area contributed by atoms with E-state index in [1.807, 2.05) is 18.4 Å². The van der Waals surface area contributed by atoms with Crippen LogP contribution in [-0.2, 0) is 7.05 Å². The monoisotopic (exact) mass is 250 g/mol. The number of carbonyl (C=O) groups excluding carboxylic acids is 1. The molecule has 0 atom stereocenters. The number of amides is 1. The van der Waals surface area contributed by atoms with Gasteiger partial charge in [-0.2, -0.15) is 5.10 Å². The van der Waals surface area contributed by atoms with Gasteiger partial charge in [0.2, 0.25) is 0 Å². The maximum absolute atomic E-state index is 12.0. The van der Waals surface area contributed by atoms with Gasteiger partial charge in [-0.25, -0.2) is 0 Å². The highest BCUT2D eigenvalue weighted by Gasteiger charge is 2.16. The number of aryl methyl sites for hydroxylation is 3. The molecule has 90 valence electrons. The van der Waals surface area contributed by atoms with Gasteiger partial charge in [-0.15, -0.1) is 11.3 Å². The van der Waals surface area contributed by atoms with Crippen LogP contribution in [0.2, 0.25) is 0 Å². The van der Waals surface area contributed by atoms with Gasteiger partial charge >= 0.3 is 0 Å². The summed E-state index contributed by atoms with van der Waals surface area (Å²) < 4.78 is 1.57. The molecule has 0 unspecified atom stereocenters. The predicted molar refractivity (Wildman–Crippen MR) is 69.4 cm³/mol. The molecule has 0 aliphatic carbocycles. The molecule has 5 nitrogen and oxygen atoms in total. The second kappa shape index (κ2) is 4.21. The van der Waals surface area contributed by atoms with Gasteiger partial charge in [-0.1, -0.05) is 0 Å². The summed E-state index contributed by atoms with van der Waals surface area (Å²) in [5.41, 5.74) is 8.03. The van der Waals surface area contributed by atoms with E-state index in [0.29, 0.717) is 22.1 Å². The molecular formula is C11H14N4OS. The zero-order valence-corrected chi connectivity index (χ0v) is 10.8. The van der Waals surface area contributed by atoms with Crippen molar-refractivity contribution in [1.29, 1.82) is 0 Å². The summed E-state index contributed by atoms with van der Waals surface area (Å²) in [6.07, 6.45) is 0. The first-order chi connectivity index (χ1) is 8.00. The van der Waals surface area contributed by atoms with E-state index in [1.54, 1.807) is 18.7 Å². The van der Waals surface area contributed by atoms with E-state index in [9.17, 15) is 4.79 Å². The zero-order chi connectivity index (χ0) is 12.6. The molecule has 0 aliphatic heterocycles. The van der Waals surface area contributed by atoms with Crippen molar-refractivity contribution in [2.75, 3.05) is 11.1 Å². The number of hydrogen-bond acceptors (Lipinski definition) is 4. The van der Waals surface area contributed by atoms with E-state index < -0.39 is 0 Å². The summed E-state index contributed by atoms with van der Waals surface area (Å²) in [7, 11) is 1.75.